The van der Waals surface area contributed by atoms with Gasteiger partial charge in [0.05, 0.1) is 28.8 Å². The fourth-order valence-electron chi connectivity index (χ4n) is 4.46. The number of amides is 1. The molecule has 0 bridgehead atoms. The van der Waals surface area contributed by atoms with E-state index >= 15 is 4.39 Å². The van der Waals surface area contributed by atoms with Gasteiger partial charge in [0.1, 0.15) is 5.82 Å². The second-order valence-electron chi connectivity index (χ2n) is 9.09. The maximum absolute atomic E-state index is 15.1. The topological polar surface area (TPSA) is 84.2 Å². The number of aromatic carboxylic acids is 1. The van der Waals surface area contributed by atoms with Crippen molar-refractivity contribution in [1.29, 1.82) is 0 Å². The smallest absolute Gasteiger partial charge is 0.416 e. The quantitative estimate of drug-likeness (QED) is 0.431. The van der Waals surface area contributed by atoms with Crippen LogP contribution >= 0.6 is 0 Å². The Labute approximate surface area is 197 Å². The number of aromatic nitrogens is 2. The standard InChI is InChI=1S/C25H21F4N3O3/c26-20-11-17(10-19(22(33)34)21(20)14-12-30-32(13-14)18-2-1-3-18)31-23(35)24(8-9-24)15-4-6-16(7-5-15)25(27,28)29/h4-7,10-13,18H,1-3,8-9H2,(H,31,35)(H,33,34). The lowest BCUT2D eigenvalue weighted by Crippen LogP contribution is -2.28. The monoisotopic (exact) mass is 487 g/mol. The van der Waals surface area contributed by atoms with Crippen molar-refractivity contribution in [3.05, 3.63) is 71.3 Å². The Balaban J connectivity index is 1.41. The fraction of sp³-hybridized carbons (Fsp3) is 0.320. The Hall–Kier alpha value is -3.69. The summed E-state index contributed by atoms with van der Waals surface area (Å²) in [7, 11) is 0. The number of alkyl halides is 3. The second kappa shape index (κ2) is 8.21. The highest BCUT2D eigenvalue weighted by molar-refractivity contribution is 6.03. The van der Waals surface area contributed by atoms with Crippen LogP contribution in [0.3, 0.4) is 0 Å². The Morgan fingerprint density at radius 2 is 1.80 bits per heavy atom. The van der Waals surface area contributed by atoms with Gasteiger partial charge in [0.2, 0.25) is 5.91 Å². The molecular weight excluding hydrogens is 466 g/mol. The molecule has 0 saturated heterocycles. The number of carbonyl (C=O) groups excluding carboxylic acids is 1. The number of nitrogens with zero attached hydrogens (tertiary/aromatic N) is 2. The van der Waals surface area contributed by atoms with Gasteiger partial charge in [0.15, 0.2) is 0 Å². The van der Waals surface area contributed by atoms with Crippen LogP contribution in [0.5, 0.6) is 0 Å². The summed E-state index contributed by atoms with van der Waals surface area (Å²) >= 11 is 0. The summed E-state index contributed by atoms with van der Waals surface area (Å²) in [6, 6.07) is 6.82. The van der Waals surface area contributed by atoms with Crippen LogP contribution in [0.15, 0.2) is 48.8 Å². The SMILES string of the molecule is O=C(O)c1cc(NC(=O)C2(c3ccc(C(F)(F)F)cc3)CC2)cc(F)c1-c1cnn(C2CCC2)c1. The molecule has 1 heterocycles. The molecule has 3 aromatic rings. The number of carboxylic acids is 1. The predicted octanol–water partition coefficient (Wildman–Crippen LogP) is 5.80. The molecule has 6 nitrogen and oxygen atoms in total. The summed E-state index contributed by atoms with van der Waals surface area (Å²) in [5, 5.41) is 16.5. The lowest BCUT2D eigenvalue weighted by molar-refractivity contribution is -0.137. The summed E-state index contributed by atoms with van der Waals surface area (Å²) in [5.74, 6) is -2.72. The summed E-state index contributed by atoms with van der Waals surface area (Å²) in [4.78, 5) is 25.0. The molecule has 182 valence electrons. The van der Waals surface area contributed by atoms with Crippen molar-refractivity contribution >= 4 is 17.6 Å². The van der Waals surface area contributed by atoms with Gasteiger partial charge < -0.3 is 10.4 Å². The molecule has 0 spiro atoms. The maximum Gasteiger partial charge on any atom is 0.416 e. The summed E-state index contributed by atoms with van der Waals surface area (Å²) in [5.41, 5.74) is -1.60. The van der Waals surface area contributed by atoms with Crippen LogP contribution in [-0.4, -0.2) is 26.8 Å². The molecule has 1 aromatic heterocycles. The number of rotatable bonds is 6. The molecule has 2 fully saturated rings. The summed E-state index contributed by atoms with van der Waals surface area (Å²) in [6.45, 7) is 0. The maximum atomic E-state index is 15.1. The minimum Gasteiger partial charge on any atom is -0.478 e. The molecule has 2 N–H and O–H groups in total. The van der Waals surface area contributed by atoms with E-state index in [-0.39, 0.29) is 22.9 Å². The van der Waals surface area contributed by atoms with Gasteiger partial charge in [-0.3, -0.25) is 9.48 Å². The molecule has 2 aromatic carbocycles. The zero-order valence-corrected chi connectivity index (χ0v) is 18.4. The third-order valence-corrected chi connectivity index (χ3v) is 6.87. The number of hydrogen-bond donors (Lipinski definition) is 2. The number of carbonyl (C=O) groups is 2. The molecule has 0 aliphatic heterocycles. The van der Waals surface area contributed by atoms with Gasteiger partial charge >= 0.3 is 12.1 Å². The van der Waals surface area contributed by atoms with Crippen molar-refractivity contribution in [3.63, 3.8) is 0 Å². The highest BCUT2D eigenvalue weighted by atomic mass is 19.4. The van der Waals surface area contributed by atoms with Gasteiger partial charge in [-0.05, 0) is 61.9 Å². The van der Waals surface area contributed by atoms with Crippen molar-refractivity contribution in [2.45, 2.75) is 49.7 Å². The zero-order chi connectivity index (χ0) is 25.0. The molecule has 0 radical (unpaired) electrons. The highest BCUT2D eigenvalue weighted by Crippen LogP contribution is 2.49. The van der Waals surface area contributed by atoms with Crippen LogP contribution in [0.1, 0.15) is 59.6 Å². The molecule has 0 unspecified atom stereocenters. The Morgan fingerprint density at radius 1 is 1.11 bits per heavy atom. The molecule has 5 rings (SSSR count). The largest absolute Gasteiger partial charge is 0.478 e. The van der Waals surface area contributed by atoms with Crippen molar-refractivity contribution < 1.29 is 32.3 Å². The first-order valence-corrected chi connectivity index (χ1v) is 11.2. The lowest BCUT2D eigenvalue weighted by atomic mass is 9.93. The van der Waals surface area contributed by atoms with Gasteiger partial charge in [-0.2, -0.15) is 18.3 Å². The number of benzene rings is 2. The number of nitrogens with one attached hydrogen (secondary N) is 1. The number of halogens is 4. The van der Waals surface area contributed by atoms with E-state index in [2.05, 4.69) is 10.4 Å². The Morgan fingerprint density at radius 3 is 2.34 bits per heavy atom. The van der Waals surface area contributed by atoms with Crippen LogP contribution < -0.4 is 5.32 Å². The van der Waals surface area contributed by atoms with E-state index in [0.29, 0.717) is 24.0 Å². The summed E-state index contributed by atoms with van der Waals surface area (Å²) in [6.07, 6.45) is 2.38. The molecule has 2 aliphatic rings. The van der Waals surface area contributed by atoms with Crippen LogP contribution in [0.2, 0.25) is 0 Å². The fourth-order valence-corrected chi connectivity index (χ4v) is 4.46. The van der Waals surface area contributed by atoms with Crippen LogP contribution in [0.25, 0.3) is 11.1 Å². The van der Waals surface area contributed by atoms with Gasteiger partial charge in [-0.1, -0.05) is 12.1 Å². The van der Waals surface area contributed by atoms with Gasteiger partial charge in [0.25, 0.3) is 0 Å². The van der Waals surface area contributed by atoms with E-state index < -0.39 is 34.8 Å². The number of carboxylic acid groups (broad SMARTS) is 1. The van der Waals surface area contributed by atoms with Crippen molar-refractivity contribution in [2.24, 2.45) is 0 Å². The van der Waals surface area contributed by atoms with E-state index in [4.69, 9.17) is 0 Å². The first-order chi connectivity index (χ1) is 16.6. The first kappa shape index (κ1) is 23.1. The van der Waals surface area contributed by atoms with Gasteiger partial charge in [-0.15, -0.1) is 0 Å². The normalized spacial score (nSPS) is 17.0. The van der Waals surface area contributed by atoms with Crippen LogP contribution in [0.4, 0.5) is 23.2 Å². The molecule has 2 aliphatic carbocycles. The third-order valence-electron chi connectivity index (χ3n) is 6.87. The molecule has 1 amide bonds. The third kappa shape index (κ3) is 4.17. The van der Waals surface area contributed by atoms with Crippen molar-refractivity contribution in [3.8, 4) is 11.1 Å². The second-order valence-corrected chi connectivity index (χ2v) is 9.09. The van der Waals surface area contributed by atoms with E-state index in [9.17, 15) is 27.9 Å². The average Bonchev–Trinajstić information content (AvgIpc) is 3.45. The Kier molecular flexibility index (Phi) is 5.41. The van der Waals surface area contributed by atoms with E-state index in [0.717, 1.165) is 37.5 Å². The number of hydrogen-bond acceptors (Lipinski definition) is 3. The molecular formula is C25H21F4N3O3. The molecule has 2 saturated carbocycles. The minimum absolute atomic E-state index is 0.0433. The average molecular weight is 487 g/mol. The molecule has 0 atom stereocenters. The lowest BCUT2D eigenvalue weighted by Gasteiger charge is -2.25. The van der Waals surface area contributed by atoms with Crippen LogP contribution in [-0.2, 0) is 16.4 Å². The van der Waals surface area contributed by atoms with Crippen molar-refractivity contribution in [1.82, 2.24) is 9.78 Å². The van der Waals surface area contributed by atoms with E-state index in [1.807, 2.05) is 0 Å². The molecule has 10 heteroatoms. The van der Waals surface area contributed by atoms with E-state index in [1.165, 1.54) is 24.4 Å². The summed E-state index contributed by atoms with van der Waals surface area (Å²) < 4.78 is 55.5. The highest BCUT2D eigenvalue weighted by Gasteiger charge is 2.51. The zero-order valence-electron chi connectivity index (χ0n) is 18.4. The number of anilines is 1. The van der Waals surface area contributed by atoms with Crippen molar-refractivity contribution in [2.75, 3.05) is 5.32 Å². The first-order valence-electron chi connectivity index (χ1n) is 11.2. The Bertz CT molecular complexity index is 1310. The van der Waals surface area contributed by atoms with Gasteiger partial charge in [0, 0.05) is 23.0 Å². The van der Waals surface area contributed by atoms with Gasteiger partial charge in [-0.25, -0.2) is 9.18 Å². The van der Waals surface area contributed by atoms with E-state index in [1.54, 1.807) is 10.9 Å². The minimum atomic E-state index is -4.49. The predicted molar refractivity (Wildman–Crippen MR) is 118 cm³/mol. The molecule has 35 heavy (non-hydrogen) atoms. The van der Waals surface area contributed by atoms with Crippen LogP contribution in [0, 0.1) is 5.82 Å².